The molecule has 2 aromatic rings. The van der Waals surface area contributed by atoms with Gasteiger partial charge < -0.3 is 0 Å². The highest BCUT2D eigenvalue weighted by atomic mass is 32.1. The van der Waals surface area contributed by atoms with Gasteiger partial charge in [0.1, 0.15) is 0 Å². The van der Waals surface area contributed by atoms with Crippen molar-refractivity contribution >= 4 is 17.1 Å². The molecular formula is C18H20OS. The van der Waals surface area contributed by atoms with Gasteiger partial charge in [0.05, 0.1) is 4.88 Å². The topological polar surface area (TPSA) is 17.1 Å². The first kappa shape index (κ1) is 13.6. The van der Waals surface area contributed by atoms with Crippen molar-refractivity contribution in [1.29, 1.82) is 0 Å². The summed E-state index contributed by atoms with van der Waals surface area (Å²) in [5.41, 5.74) is 5.03. The third-order valence-corrected chi connectivity index (χ3v) is 5.41. The molecule has 0 saturated carbocycles. The van der Waals surface area contributed by atoms with Crippen LogP contribution in [0, 0.1) is 13.8 Å². The summed E-state index contributed by atoms with van der Waals surface area (Å²) in [6.07, 6.45) is 5.40. The summed E-state index contributed by atoms with van der Waals surface area (Å²) in [4.78, 5) is 14.9. The van der Waals surface area contributed by atoms with Crippen LogP contribution in [0.2, 0.25) is 0 Å². The summed E-state index contributed by atoms with van der Waals surface area (Å²) in [6, 6.07) is 8.50. The molecule has 0 N–H and O–H groups in total. The van der Waals surface area contributed by atoms with Crippen LogP contribution in [0.15, 0.2) is 24.3 Å². The quantitative estimate of drug-likeness (QED) is 0.749. The van der Waals surface area contributed by atoms with Gasteiger partial charge in [-0.05, 0) is 62.3 Å². The molecule has 1 nitrogen and oxygen atoms in total. The first-order valence-electron chi connectivity index (χ1n) is 7.34. The van der Waals surface area contributed by atoms with Crippen LogP contribution < -0.4 is 0 Å². The summed E-state index contributed by atoms with van der Waals surface area (Å²) in [5.74, 6) is 0.276. The van der Waals surface area contributed by atoms with Crippen molar-refractivity contribution in [1.82, 2.24) is 0 Å². The third-order valence-electron chi connectivity index (χ3n) is 4.13. The molecule has 20 heavy (non-hydrogen) atoms. The molecule has 1 aliphatic rings. The van der Waals surface area contributed by atoms with E-state index in [-0.39, 0.29) is 5.78 Å². The molecule has 2 heteroatoms. The number of Topliss-reactive ketones (excluding diaryl/α,β-unsaturated/α-hetero) is 1. The second kappa shape index (κ2) is 5.53. The average molecular weight is 284 g/mol. The molecule has 1 aliphatic carbocycles. The predicted molar refractivity (Wildman–Crippen MR) is 84.9 cm³/mol. The lowest BCUT2D eigenvalue weighted by molar-refractivity contribution is 0.0996. The zero-order chi connectivity index (χ0) is 14.1. The van der Waals surface area contributed by atoms with Crippen LogP contribution in [-0.2, 0) is 19.3 Å². The Balaban J connectivity index is 1.82. The Hall–Kier alpha value is -1.41. The van der Waals surface area contributed by atoms with E-state index in [2.05, 4.69) is 38.1 Å². The molecule has 3 rings (SSSR count). The molecule has 0 spiro atoms. The van der Waals surface area contributed by atoms with Crippen LogP contribution in [-0.4, -0.2) is 5.78 Å². The Morgan fingerprint density at radius 3 is 2.75 bits per heavy atom. The number of hydrogen-bond acceptors (Lipinski definition) is 2. The molecule has 0 unspecified atom stereocenters. The lowest BCUT2D eigenvalue weighted by atomic mass is 9.97. The maximum absolute atomic E-state index is 12.5. The number of carbonyl (C=O) groups is 1. The van der Waals surface area contributed by atoms with Crippen LogP contribution in [0.1, 0.15) is 49.6 Å². The van der Waals surface area contributed by atoms with E-state index in [0.29, 0.717) is 6.42 Å². The van der Waals surface area contributed by atoms with Gasteiger partial charge in [0.2, 0.25) is 0 Å². The number of carbonyl (C=O) groups excluding carboxylic acids is 1. The van der Waals surface area contributed by atoms with Gasteiger partial charge in [0, 0.05) is 11.3 Å². The maximum Gasteiger partial charge on any atom is 0.177 e. The van der Waals surface area contributed by atoms with Gasteiger partial charge in [-0.2, -0.15) is 0 Å². The standard InChI is InChI=1S/C18H20OS/c1-12-7-8-13(2)15(9-12)10-16(19)18-11-14-5-3-4-6-17(14)20-18/h7-9,11H,3-6,10H2,1-2H3. The average Bonchev–Trinajstić information content (AvgIpc) is 2.87. The number of hydrogen-bond donors (Lipinski definition) is 0. The predicted octanol–water partition coefficient (Wildman–Crippen LogP) is 4.67. The van der Waals surface area contributed by atoms with Crippen LogP contribution in [0.3, 0.4) is 0 Å². The van der Waals surface area contributed by atoms with Crippen molar-refractivity contribution < 1.29 is 4.79 Å². The van der Waals surface area contributed by atoms with Gasteiger partial charge >= 0.3 is 0 Å². The van der Waals surface area contributed by atoms with Crippen molar-refractivity contribution in [3.63, 3.8) is 0 Å². The van der Waals surface area contributed by atoms with E-state index in [1.807, 2.05) is 0 Å². The van der Waals surface area contributed by atoms with Gasteiger partial charge in [0.15, 0.2) is 5.78 Å². The van der Waals surface area contributed by atoms with E-state index in [1.54, 1.807) is 11.3 Å². The summed E-state index contributed by atoms with van der Waals surface area (Å²) >= 11 is 1.72. The Kier molecular flexibility index (Phi) is 3.75. The summed E-state index contributed by atoms with van der Waals surface area (Å²) in [6.45, 7) is 4.17. The largest absolute Gasteiger partial charge is 0.293 e. The minimum absolute atomic E-state index is 0.276. The summed E-state index contributed by atoms with van der Waals surface area (Å²) in [7, 11) is 0. The van der Waals surface area contributed by atoms with E-state index in [1.165, 1.54) is 40.0 Å². The molecule has 0 amide bonds. The minimum Gasteiger partial charge on any atom is -0.293 e. The zero-order valence-electron chi connectivity index (χ0n) is 12.2. The smallest absolute Gasteiger partial charge is 0.177 e. The van der Waals surface area contributed by atoms with Crippen molar-refractivity contribution in [3.8, 4) is 0 Å². The van der Waals surface area contributed by atoms with Crippen molar-refractivity contribution in [2.45, 2.75) is 46.0 Å². The van der Waals surface area contributed by atoms with Gasteiger partial charge in [-0.15, -0.1) is 11.3 Å². The number of rotatable bonds is 3. The fraction of sp³-hybridized carbons (Fsp3) is 0.389. The molecule has 0 aliphatic heterocycles. The molecule has 1 aromatic heterocycles. The number of aryl methyl sites for hydroxylation is 4. The molecule has 0 radical (unpaired) electrons. The lowest BCUT2D eigenvalue weighted by Gasteiger charge is -2.08. The Bertz CT molecular complexity index is 628. The molecular weight excluding hydrogens is 264 g/mol. The van der Waals surface area contributed by atoms with Crippen LogP contribution in [0.4, 0.5) is 0 Å². The van der Waals surface area contributed by atoms with E-state index < -0.39 is 0 Å². The second-order valence-corrected chi connectivity index (χ2v) is 6.93. The SMILES string of the molecule is Cc1ccc(C)c(CC(=O)c2cc3c(s2)CCCC3)c1. The lowest BCUT2D eigenvalue weighted by Crippen LogP contribution is -2.03. The van der Waals surface area contributed by atoms with E-state index in [9.17, 15) is 4.79 Å². The normalized spacial score (nSPS) is 14.1. The summed E-state index contributed by atoms with van der Waals surface area (Å²) in [5, 5.41) is 0. The van der Waals surface area contributed by atoms with E-state index in [4.69, 9.17) is 0 Å². The molecule has 0 saturated heterocycles. The maximum atomic E-state index is 12.5. The monoisotopic (exact) mass is 284 g/mol. The fourth-order valence-corrected chi connectivity index (χ4v) is 4.07. The number of thiophene rings is 1. The highest BCUT2D eigenvalue weighted by molar-refractivity contribution is 7.14. The zero-order valence-corrected chi connectivity index (χ0v) is 13.0. The molecule has 1 aromatic carbocycles. The third kappa shape index (κ3) is 2.71. The van der Waals surface area contributed by atoms with Gasteiger partial charge in [0.25, 0.3) is 0 Å². The second-order valence-electron chi connectivity index (χ2n) is 5.80. The highest BCUT2D eigenvalue weighted by Crippen LogP contribution is 2.30. The number of fused-ring (bicyclic) bond motifs is 1. The minimum atomic E-state index is 0.276. The molecule has 1 heterocycles. The van der Waals surface area contributed by atoms with Gasteiger partial charge in [-0.3, -0.25) is 4.79 Å². The first-order valence-corrected chi connectivity index (χ1v) is 8.16. The highest BCUT2D eigenvalue weighted by Gasteiger charge is 2.17. The van der Waals surface area contributed by atoms with Gasteiger partial charge in [-0.25, -0.2) is 0 Å². The number of benzene rings is 1. The van der Waals surface area contributed by atoms with Gasteiger partial charge in [-0.1, -0.05) is 23.8 Å². The van der Waals surface area contributed by atoms with Crippen LogP contribution in [0.25, 0.3) is 0 Å². The molecule has 0 bridgehead atoms. The first-order chi connectivity index (χ1) is 9.63. The fourth-order valence-electron chi connectivity index (χ4n) is 2.88. The Morgan fingerprint density at radius 1 is 1.15 bits per heavy atom. The Morgan fingerprint density at radius 2 is 1.95 bits per heavy atom. The van der Waals surface area contributed by atoms with Crippen molar-refractivity contribution in [2.75, 3.05) is 0 Å². The Labute approximate surface area is 124 Å². The summed E-state index contributed by atoms with van der Waals surface area (Å²) < 4.78 is 0. The van der Waals surface area contributed by atoms with Crippen molar-refractivity contribution in [2.24, 2.45) is 0 Å². The van der Waals surface area contributed by atoms with Crippen LogP contribution >= 0.6 is 11.3 Å². The number of ketones is 1. The van der Waals surface area contributed by atoms with E-state index >= 15 is 0 Å². The van der Waals surface area contributed by atoms with E-state index in [0.717, 1.165) is 17.7 Å². The van der Waals surface area contributed by atoms with Crippen molar-refractivity contribution in [3.05, 3.63) is 56.3 Å². The molecule has 104 valence electrons. The van der Waals surface area contributed by atoms with Crippen LogP contribution in [0.5, 0.6) is 0 Å². The molecule has 0 fully saturated rings. The molecule has 0 atom stereocenters.